The maximum atomic E-state index is 13.7. The van der Waals surface area contributed by atoms with E-state index in [9.17, 15) is 13.7 Å². The molecule has 10 heteroatoms. The van der Waals surface area contributed by atoms with Gasteiger partial charge in [-0.2, -0.15) is 0 Å². The van der Waals surface area contributed by atoms with Crippen molar-refractivity contribution in [3.05, 3.63) is 109 Å². The van der Waals surface area contributed by atoms with Crippen LogP contribution in [0.5, 0.6) is 0 Å². The van der Waals surface area contributed by atoms with Crippen molar-refractivity contribution < 1.29 is 13.7 Å². The fourth-order valence-electron chi connectivity index (χ4n) is 6.05. The van der Waals surface area contributed by atoms with E-state index in [2.05, 4.69) is 61.6 Å². The third kappa shape index (κ3) is 6.83. The molecule has 1 atom stereocenters. The summed E-state index contributed by atoms with van der Waals surface area (Å²) in [6.45, 7) is 1.59. The summed E-state index contributed by atoms with van der Waals surface area (Å²) in [5, 5.41) is 19.5. The predicted octanol–water partition coefficient (Wildman–Crippen LogP) is 5.85. The summed E-state index contributed by atoms with van der Waals surface area (Å²) in [4.78, 5) is 9.05. The number of anilines is 2. The van der Waals surface area contributed by atoms with E-state index in [4.69, 9.17) is 0 Å². The van der Waals surface area contributed by atoms with Gasteiger partial charge in [0.2, 0.25) is 0 Å². The molecule has 1 saturated heterocycles. The molecule has 1 aliphatic rings. The first-order valence-electron chi connectivity index (χ1n) is 15.2. The van der Waals surface area contributed by atoms with Crippen molar-refractivity contribution in [2.45, 2.75) is 38.1 Å². The Morgan fingerprint density at radius 2 is 1.87 bits per heavy atom. The molecule has 0 saturated carbocycles. The zero-order chi connectivity index (χ0) is 30.8. The van der Waals surface area contributed by atoms with Crippen molar-refractivity contribution in [3.8, 4) is 11.1 Å². The lowest BCUT2D eigenvalue weighted by Crippen LogP contribution is -2.40. The van der Waals surface area contributed by atoms with Crippen molar-refractivity contribution in [1.82, 2.24) is 24.4 Å². The number of aromatic nitrogens is 4. The largest absolute Gasteiger partial charge is 0.390 e. The summed E-state index contributed by atoms with van der Waals surface area (Å²) in [6.07, 6.45) is 8.90. The first-order chi connectivity index (χ1) is 22.0. The zero-order valence-corrected chi connectivity index (χ0v) is 25.6. The summed E-state index contributed by atoms with van der Waals surface area (Å²) in [5.74, 6) is 1.97. The molecule has 6 aromatic rings. The molecule has 7 rings (SSSR count). The van der Waals surface area contributed by atoms with Gasteiger partial charge < -0.3 is 24.9 Å². The van der Waals surface area contributed by atoms with Crippen LogP contribution in [0.15, 0.2) is 97.7 Å². The average Bonchev–Trinajstić information content (AvgIpc) is 3.67. The van der Waals surface area contributed by atoms with Crippen LogP contribution in [-0.2, 0) is 23.9 Å². The number of halogens is 1. The summed E-state index contributed by atoms with van der Waals surface area (Å²) in [5.41, 5.74) is 5.81. The Bertz CT molecular complexity index is 1980. The second kappa shape index (κ2) is 12.9. The minimum Gasteiger partial charge on any atom is -0.390 e. The quantitative estimate of drug-likeness (QED) is 0.178. The van der Waals surface area contributed by atoms with Gasteiger partial charge in [-0.15, -0.1) is 0 Å². The van der Waals surface area contributed by atoms with E-state index >= 15 is 0 Å². The van der Waals surface area contributed by atoms with E-state index < -0.39 is 16.9 Å². The van der Waals surface area contributed by atoms with Crippen LogP contribution in [0, 0.1) is 5.82 Å². The van der Waals surface area contributed by atoms with E-state index in [-0.39, 0.29) is 5.82 Å². The lowest BCUT2D eigenvalue weighted by molar-refractivity contribution is 0.146. The minimum absolute atomic E-state index is 0.230. The van der Waals surface area contributed by atoms with Gasteiger partial charge in [0.05, 0.1) is 11.6 Å². The Morgan fingerprint density at radius 1 is 0.978 bits per heavy atom. The number of aliphatic hydroxyl groups is 1. The van der Waals surface area contributed by atoms with Crippen LogP contribution in [0.1, 0.15) is 18.4 Å². The van der Waals surface area contributed by atoms with Crippen LogP contribution in [0.3, 0.4) is 0 Å². The number of aliphatic hydroxyl groups excluding tert-OH is 1. The number of benzene rings is 3. The van der Waals surface area contributed by atoms with E-state index in [1.807, 2.05) is 41.4 Å². The highest BCUT2D eigenvalue weighted by Crippen LogP contribution is 2.30. The molecule has 0 bridgehead atoms. The van der Waals surface area contributed by atoms with E-state index in [1.54, 1.807) is 18.5 Å². The van der Waals surface area contributed by atoms with Gasteiger partial charge in [-0.05, 0) is 84.1 Å². The van der Waals surface area contributed by atoms with Crippen LogP contribution in [0.4, 0.5) is 15.9 Å². The number of fused-ring (bicyclic) bond motifs is 2. The molecule has 230 valence electrons. The lowest BCUT2D eigenvalue weighted by Gasteiger charge is -2.24. The van der Waals surface area contributed by atoms with Crippen molar-refractivity contribution in [1.29, 1.82) is 0 Å². The molecular formula is C35H35FN6O2S. The molecule has 1 aliphatic heterocycles. The van der Waals surface area contributed by atoms with Crippen molar-refractivity contribution in [2.75, 3.05) is 23.4 Å². The van der Waals surface area contributed by atoms with Crippen LogP contribution in [0.25, 0.3) is 32.9 Å². The predicted molar refractivity (Wildman–Crippen MR) is 179 cm³/mol. The van der Waals surface area contributed by atoms with Crippen molar-refractivity contribution in [3.63, 3.8) is 0 Å². The first kappa shape index (κ1) is 29.3. The molecule has 0 radical (unpaired) electrons. The maximum Gasteiger partial charge on any atom is 0.141 e. The van der Waals surface area contributed by atoms with Gasteiger partial charge in [-0.3, -0.25) is 4.21 Å². The Hall–Kier alpha value is -4.38. The molecule has 1 fully saturated rings. The summed E-state index contributed by atoms with van der Waals surface area (Å²) in [6, 6.07) is 23.5. The fraction of sp³-hybridized carbons (Fsp3) is 0.257. The van der Waals surface area contributed by atoms with E-state index in [0.717, 1.165) is 68.5 Å². The highest BCUT2D eigenvalue weighted by Gasteiger charge is 2.18. The second-order valence-corrected chi connectivity index (χ2v) is 13.4. The van der Waals surface area contributed by atoms with Gasteiger partial charge in [0, 0.05) is 88.5 Å². The fourth-order valence-corrected chi connectivity index (χ4v) is 7.35. The third-order valence-corrected chi connectivity index (χ3v) is 9.83. The molecule has 8 nitrogen and oxygen atoms in total. The molecule has 3 aromatic heterocycles. The Morgan fingerprint density at radius 3 is 2.73 bits per heavy atom. The molecule has 1 unspecified atom stereocenters. The second-order valence-electron chi connectivity index (χ2n) is 11.7. The number of nitrogens with one attached hydrogen (secondary N) is 2. The summed E-state index contributed by atoms with van der Waals surface area (Å²) in [7, 11) is -0.683. The smallest absolute Gasteiger partial charge is 0.141 e. The number of rotatable bonds is 10. The van der Waals surface area contributed by atoms with Crippen LogP contribution in [0.2, 0.25) is 0 Å². The molecule has 0 amide bonds. The third-order valence-electron chi connectivity index (χ3n) is 8.45. The highest BCUT2D eigenvalue weighted by molar-refractivity contribution is 7.85. The van der Waals surface area contributed by atoms with E-state index in [1.165, 1.54) is 6.07 Å². The standard InChI is InChI=1S/C35H35FN6O2S/c36-28-3-1-2-24(16-28)20-42-13-9-26-17-30(5-7-34(26)42)40-35-32-18-25(4-6-33(32)38-23-39-35)27-8-12-41(21-27)22-31(43)19-37-29-10-14-45(44)15-11-29/h1-9,12-13,16-18,21,23,29,31,37,43H,10-11,14-15,19-20,22H2,(H,38,39,40). The number of nitrogens with zero attached hydrogens (tertiary/aromatic N) is 4. The molecule has 4 heterocycles. The van der Waals surface area contributed by atoms with Gasteiger partial charge in [-0.1, -0.05) is 18.2 Å². The molecule has 3 N–H and O–H groups in total. The number of hydrogen-bond acceptors (Lipinski definition) is 6. The maximum absolute atomic E-state index is 13.7. The summed E-state index contributed by atoms with van der Waals surface area (Å²) >= 11 is 0. The van der Waals surface area contributed by atoms with Gasteiger partial charge in [0.25, 0.3) is 0 Å². The van der Waals surface area contributed by atoms with Crippen LogP contribution in [-0.4, -0.2) is 58.6 Å². The van der Waals surface area contributed by atoms with Crippen LogP contribution < -0.4 is 10.6 Å². The van der Waals surface area contributed by atoms with Crippen LogP contribution >= 0.6 is 0 Å². The molecule has 45 heavy (non-hydrogen) atoms. The highest BCUT2D eigenvalue weighted by atomic mass is 32.2. The van der Waals surface area contributed by atoms with Gasteiger partial charge in [0.15, 0.2) is 0 Å². The Balaban J connectivity index is 1.05. The van der Waals surface area contributed by atoms with Crippen molar-refractivity contribution >= 4 is 44.1 Å². The van der Waals surface area contributed by atoms with Gasteiger partial charge >= 0.3 is 0 Å². The van der Waals surface area contributed by atoms with Crippen molar-refractivity contribution in [2.24, 2.45) is 0 Å². The normalized spacial score (nSPS) is 17.6. The summed E-state index contributed by atoms with van der Waals surface area (Å²) < 4.78 is 29.4. The van der Waals surface area contributed by atoms with E-state index in [0.29, 0.717) is 31.5 Å². The Kier molecular flexibility index (Phi) is 8.43. The van der Waals surface area contributed by atoms with Gasteiger partial charge in [0.1, 0.15) is 18.0 Å². The van der Waals surface area contributed by atoms with Gasteiger partial charge in [-0.25, -0.2) is 14.4 Å². The Labute approximate surface area is 263 Å². The molecule has 3 aromatic carbocycles. The SMILES string of the molecule is O=S1CCC(NCC(O)Cn2ccc(-c3ccc4ncnc(Nc5ccc6c(ccn6Cc6cccc(F)c6)c5)c4c3)c2)CC1. The average molecular weight is 623 g/mol. The monoisotopic (exact) mass is 622 g/mol. The lowest BCUT2D eigenvalue weighted by atomic mass is 10.1. The zero-order valence-electron chi connectivity index (χ0n) is 24.8. The minimum atomic E-state index is -0.683. The molecule has 0 aliphatic carbocycles. The first-order valence-corrected chi connectivity index (χ1v) is 16.7. The topological polar surface area (TPSA) is 97.0 Å². The molecule has 0 spiro atoms. The molecular weight excluding hydrogens is 587 g/mol. The number of hydrogen-bond donors (Lipinski definition) is 3.